The molecule has 0 radical (unpaired) electrons. The molecule has 0 aliphatic carbocycles. The molecule has 3 heterocycles. The van der Waals surface area contributed by atoms with Crippen LogP contribution in [0.15, 0.2) is 144 Å². The normalized spacial score (nSPS) is 12.9. The van der Waals surface area contributed by atoms with E-state index < -0.39 is 0 Å². The molecule has 0 amide bonds. The van der Waals surface area contributed by atoms with Crippen molar-refractivity contribution in [1.82, 2.24) is 4.57 Å². The molecule has 0 spiro atoms. The van der Waals surface area contributed by atoms with E-state index in [0.29, 0.717) is 0 Å². The number of fused-ring (bicyclic) bond motifs is 6. The first-order chi connectivity index (χ1) is 20.3. The second kappa shape index (κ2) is 8.33. The Balaban J connectivity index is 1.49. The van der Waals surface area contributed by atoms with Gasteiger partial charge < -0.3 is 4.90 Å². The maximum Gasteiger partial charge on any atom is 0.263 e. The first kappa shape index (κ1) is 22.5. The van der Waals surface area contributed by atoms with Crippen LogP contribution in [0.2, 0.25) is 0 Å². The van der Waals surface area contributed by atoms with Crippen molar-refractivity contribution in [3.63, 3.8) is 0 Å². The summed E-state index contributed by atoms with van der Waals surface area (Å²) in [7, 11) is 0. The Morgan fingerprint density at radius 2 is 1.15 bits per heavy atom. The highest BCUT2D eigenvalue weighted by molar-refractivity contribution is 7.00. The van der Waals surface area contributed by atoms with Crippen LogP contribution in [0.3, 0.4) is 0 Å². The number of nitrogens with zero attached hydrogens (tertiary/aromatic N) is 2. The summed E-state index contributed by atoms with van der Waals surface area (Å²) in [5.41, 5.74) is 11.3. The zero-order valence-electron chi connectivity index (χ0n) is 22.2. The number of hydrogen-bond donors (Lipinski definition) is 0. The summed E-state index contributed by atoms with van der Waals surface area (Å²) < 4.78 is 1.98. The van der Waals surface area contributed by atoms with Crippen molar-refractivity contribution >= 4 is 61.8 Å². The third-order valence-corrected chi connectivity index (χ3v) is 8.77. The van der Waals surface area contributed by atoms with Gasteiger partial charge in [0.15, 0.2) is 0 Å². The van der Waals surface area contributed by atoms with E-state index in [1.54, 1.807) is 0 Å². The first-order valence-corrected chi connectivity index (χ1v) is 14.0. The summed E-state index contributed by atoms with van der Waals surface area (Å²) >= 11 is 0. The fraction of sp³-hybridized carbons (Fsp3) is 0. The minimum atomic E-state index is -0.0101. The van der Waals surface area contributed by atoms with Gasteiger partial charge in [0.25, 0.3) is 12.3 Å². The molecule has 0 saturated heterocycles. The standard InChI is InChI=1S/C37H23BN2O/c41-37-28-17-8-7-16-27(28)29-22-25(24-12-3-1-4-13-24)23-31-36(29)40(37)34-21-11-20-33-35(34)38(31)30-18-9-10-19-32(30)39(33)26-14-5-2-6-15-26/h1-23H. The monoisotopic (exact) mass is 522 g/mol. The van der Waals surface area contributed by atoms with Gasteiger partial charge in [-0.25, -0.2) is 0 Å². The van der Waals surface area contributed by atoms with Crippen LogP contribution in [0.4, 0.5) is 17.1 Å². The van der Waals surface area contributed by atoms with E-state index in [4.69, 9.17) is 0 Å². The summed E-state index contributed by atoms with van der Waals surface area (Å²) in [5.74, 6) is 0. The number of rotatable bonds is 2. The maximum absolute atomic E-state index is 14.3. The lowest BCUT2D eigenvalue weighted by molar-refractivity contribution is 1.06. The molecule has 0 N–H and O–H groups in total. The Morgan fingerprint density at radius 1 is 0.488 bits per heavy atom. The molecule has 2 aliphatic rings. The summed E-state index contributed by atoms with van der Waals surface area (Å²) in [6, 6.07) is 48.9. The molecule has 41 heavy (non-hydrogen) atoms. The molecule has 0 saturated carbocycles. The van der Waals surface area contributed by atoms with Crippen LogP contribution in [-0.2, 0) is 0 Å². The van der Waals surface area contributed by atoms with Gasteiger partial charge in [0.2, 0.25) is 0 Å². The summed E-state index contributed by atoms with van der Waals surface area (Å²) in [6.07, 6.45) is 0. The van der Waals surface area contributed by atoms with Gasteiger partial charge in [-0.05, 0) is 75.4 Å². The highest BCUT2D eigenvalue weighted by atomic mass is 16.1. The number of para-hydroxylation sites is 2. The molecule has 0 unspecified atom stereocenters. The number of pyridine rings is 1. The van der Waals surface area contributed by atoms with E-state index in [1.807, 2.05) is 22.8 Å². The number of benzene rings is 6. The highest BCUT2D eigenvalue weighted by Crippen LogP contribution is 2.39. The van der Waals surface area contributed by atoms with Gasteiger partial charge in [0.1, 0.15) is 0 Å². The van der Waals surface area contributed by atoms with E-state index in [0.717, 1.165) is 44.3 Å². The van der Waals surface area contributed by atoms with Crippen molar-refractivity contribution in [2.75, 3.05) is 4.90 Å². The van der Waals surface area contributed by atoms with Crippen LogP contribution in [0.1, 0.15) is 0 Å². The quantitative estimate of drug-likeness (QED) is 0.193. The average Bonchev–Trinajstić information content (AvgIpc) is 3.04. The predicted molar refractivity (Wildman–Crippen MR) is 172 cm³/mol. The Morgan fingerprint density at radius 3 is 1.98 bits per heavy atom. The zero-order valence-corrected chi connectivity index (χ0v) is 22.2. The summed E-state index contributed by atoms with van der Waals surface area (Å²) in [5, 5.41) is 2.84. The lowest BCUT2D eigenvalue weighted by Gasteiger charge is -2.40. The number of anilines is 3. The average molecular weight is 522 g/mol. The lowest BCUT2D eigenvalue weighted by atomic mass is 9.33. The van der Waals surface area contributed by atoms with Crippen LogP contribution >= 0.6 is 0 Å². The zero-order chi connectivity index (χ0) is 27.1. The third kappa shape index (κ3) is 3.02. The maximum atomic E-state index is 14.3. The van der Waals surface area contributed by atoms with Gasteiger partial charge in [-0.3, -0.25) is 9.36 Å². The van der Waals surface area contributed by atoms with Gasteiger partial charge >= 0.3 is 0 Å². The van der Waals surface area contributed by atoms with Crippen LogP contribution in [-0.4, -0.2) is 11.3 Å². The topological polar surface area (TPSA) is 25.2 Å². The Bertz CT molecular complexity index is 2240. The van der Waals surface area contributed by atoms with Crippen molar-refractivity contribution in [2.24, 2.45) is 0 Å². The molecule has 9 rings (SSSR count). The van der Waals surface area contributed by atoms with Crippen LogP contribution < -0.4 is 26.8 Å². The van der Waals surface area contributed by atoms with Crippen LogP contribution in [0, 0.1) is 0 Å². The fourth-order valence-corrected chi connectivity index (χ4v) is 7.11. The van der Waals surface area contributed by atoms with Crippen molar-refractivity contribution in [2.45, 2.75) is 0 Å². The minimum Gasteiger partial charge on any atom is -0.311 e. The van der Waals surface area contributed by atoms with E-state index in [-0.39, 0.29) is 12.3 Å². The highest BCUT2D eigenvalue weighted by Gasteiger charge is 2.41. The van der Waals surface area contributed by atoms with E-state index in [1.165, 1.54) is 27.6 Å². The molecule has 7 aromatic rings. The number of hydrogen-bond acceptors (Lipinski definition) is 2. The Labute approximate surface area is 237 Å². The molecule has 0 bridgehead atoms. The van der Waals surface area contributed by atoms with Gasteiger partial charge in [-0.2, -0.15) is 0 Å². The van der Waals surface area contributed by atoms with Gasteiger partial charge in [-0.15, -0.1) is 0 Å². The SMILES string of the molecule is O=c1c2ccccc2c2cc(-c3ccccc3)cc3c2n1-c1cccc2c1B3c1ccccc1N2c1ccccc1. The van der Waals surface area contributed by atoms with Gasteiger partial charge in [0.05, 0.1) is 5.52 Å². The molecule has 0 fully saturated rings. The molecule has 1 aromatic heterocycles. The smallest absolute Gasteiger partial charge is 0.263 e. The molecular weight excluding hydrogens is 499 g/mol. The van der Waals surface area contributed by atoms with Crippen LogP contribution in [0.5, 0.6) is 0 Å². The second-order valence-electron chi connectivity index (χ2n) is 10.9. The van der Waals surface area contributed by atoms with Crippen LogP contribution in [0.25, 0.3) is 38.5 Å². The van der Waals surface area contributed by atoms with E-state index in [9.17, 15) is 4.79 Å². The Hall–Kier alpha value is -5.35. The van der Waals surface area contributed by atoms with Crippen molar-refractivity contribution in [3.8, 4) is 16.8 Å². The molecular formula is C37H23BN2O. The fourth-order valence-electron chi connectivity index (χ4n) is 7.11. The van der Waals surface area contributed by atoms with Crippen molar-refractivity contribution in [1.29, 1.82) is 0 Å². The number of aromatic nitrogens is 1. The first-order valence-electron chi connectivity index (χ1n) is 14.0. The second-order valence-corrected chi connectivity index (χ2v) is 10.9. The van der Waals surface area contributed by atoms with Crippen molar-refractivity contribution in [3.05, 3.63) is 150 Å². The largest absolute Gasteiger partial charge is 0.311 e. The predicted octanol–water partition coefficient (Wildman–Crippen LogP) is 6.42. The summed E-state index contributed by atoms with van der Waals surface area (Å²) in [4.78, 5) is 16.7. The van der Waals surface area contributed by atoms with Crippen molar-refractivity contribution < 1.29 is 0 Å². The molecule has 190 valence electrons. The van der Waals surface area contributed by atoms with E-state index >= 15 is 0 Å². The minimum absolute atomic E-state index is 0.0101. The van der Waals surface area contributed by atoms with E-state index in [2.05, 4.69) is 126 Å². The van der Waals surface area contributed by atoms with Gasteiger partial charge in [-0.1, -0.05) is 97.1 Å². The Kier molecular flexibility index (Phi) is 4.56. The molecule has 0 atom stereocenters. The van der Waals surface area contributed by atoms with Gasteiger partial charge in [0, 0.05) is 33.5 Å². The lowest BCUT2D eigenvalue weighted by Crippen LogP contribution is -2.61. The summed E-state index contributed by atoms with van der Waals surface area (Å²) in [6.45, 7) is -0.0101. The molecule has 6 aromatic carbocycles. The molecule has 2 aliphatic heterocycles. The molecule has 4 heteroatoms. The third-order valence-electron chi connectivity index (χ3n) is 8.77. The molecule has 3 nitrogen and oxygen atoms in total.